The highest BCUT2D eigenvalue weighted by molar-refractivity contribution is 5.66. The molecule has 2 rings (SSSR count). The minimum absolute atomic E-state index is 0.228. The molecule has 0 aliphatic heterocycles. The van der Waals surface area contributed by atoms with E-state index >= 15 is 0 Å². The first-order valence-electron chi connectivity index (χ1n) is 4.68. The molecular formula is C12H12O2. The summed E-state index contributed by atoms with van der Waals surface area (Å²) in [7, 11) is 0. The third-order valence-corrected chi connectivity index (χ3v) is 2.36. The van der Waals surface area contributed by atoms with Crippen molar-refractivity contribution in [2.75, 3.05) is 0 Å². The summed E-state index contributed by atoms with van der Waals surface area (Å²) in [6.45, 7) is 1.82. The Bertz CT molecular complexity index is 391. The van der Waals surface area contributed by atoms with E-state index in [-0.39, 0.29) is 5.97 Å². The second-order valence-corrected chi connectivity index (χ2v) is 3.37. The van der Waals surface area contributed by atoms with Crippen LogP contribution in [0.2, 0.25) is 0 Å². The van der Waals surface area contributed by atoms with E-state index in [1.165, 1.54) is 18.1 Å². The lowest BCUT2D eigenvalue weighted by Crippen LogP contribution is -2.01. The maximum atomic E-state index is 10.7. The lowest BCUT2D eigenvalue weighted by molar-refractivity contribution is -0.142. The van der Waals surface area contributed by atoms with E-state index in [1.54, 1.807) is 0 Å². The minimum atomic E-state index is -0.228. The highest BCUT2D eigenvalue weighted by atomic mass is 16.5. The van der Waals surface area contributed by atoms with Gasteiger partial charge >= 0.3 is 5.97 Å². The SMILES string of the molecule is CC(=O)OCc1cccc2c1CC=C2. The number of carbonyl (C=O) groups excluding carboxylic acids is 1. The van der Waals surface area contributed by atoms with Crippen molar-refractivity contribution in [1.29, 1.82) is 0 Å². The van der Waals surface area contributed by atoms with Gasteiger partial charge in [0, 0.05) is 6.92 Å². The van der Waals surface area contributed by atoms with Gasteiger partial charge in [0.2, 0.25) is 0 Å². The lowest BCUT2D eigenvalue weighted by Gasteiger charge is -2.07. The van der Waals surface area contributed by atoms with Crippen molar-refractivity contribution in [1.82, 2.24) is 0 Å². The molecule has 2 nitrogen and oxygen atoms in total. The van der Waals surface area contributed by atoms with Crippen molar-refractivity contribution >= 4 is 12.0 Å². The molecule has 2 heteroatoms. The Labute approximate surface area is 83.2 Å². The van der Waals surface area contributed by atoms with Gasteiger partial charge in [0.25, 0.3) is 0 Å². The molecule has 72 valence electrons. The molecule has 0 radical (unpaired) electrons. The Kier molecular flexibility index (Phi) is 2.35. The summed E-state index contributed by atoms with van der Waals surface area (Å²) < 4.78 is 4.99. The zero-order valence-corrected chi connectivity index (χ0v) is 8.12. The van der Waals surface area contributed by atoms with Crippen LogP contribution in [-0.4, -0.2) is 5.97 Å². The molecule has 0 bridgehead atoms. The smallest absolute Gasteiger partial charge is 0.302 e. The van der Waals surface area contributed by atoms with Gasteiger partial charge in [-0.15, -0.1) is 0 Å². The van der Waals surface area contributed by atoms with Crippen LogP contribution >= 0.6 is 0 Å². The maximum absolute atomic E-state index is 10.7. The van der Waals surface area contributed by atoms with E-state index in [1.807, 2.05) is 12.1 Å². The van der Waals surface area contributed by atoms with Gasteiger partial charge in [0.05, 0.1) is 0 Å². The molecule has 0 spiro atoms. The number of rotatable bonds is 2. The number of allylic oxidation sites excluding steroid dienone is 1. The first-order valence-corrected chi connectivity index (χ1v) is 4.68. The van der Waals surface area contributed by atoms with Crippen molar-refractivity contribution in [3.63, 3.8) is 0 Å². The van der Waals surface area contributed by atoms with Gasteiger partial charge < -0.3 is 4.74 Å². The van der Waals surface area contributed by atoms with E-state index < -0.39 is 0 Å². The molecule has 1 aromatic rings. The summed E-state index contributed by atoms with van der Waals surface area (Å²) in [5, 5.41) is 0. The summed E-state index contributed by atoms with van der Waals surface area (Å²) in [5.41, 5.74) is 3.64. The number of hydrogen-bond donors (Lipinski definition) is 0. The summed E-state index contributed by atoms with van der Waals surface area (Å²) in [4.78, 5) is 10.7. The molecule has 1 aromatic carbocycles. The second kappa shape index (κ2) is 3.66. The summed E-state index contributed by atoms with van der Waals surface area (Å²) >= 11 is 0. The van der Waals surface area contributed by atoms with Crippen molar-refractivity contribution in [3.05, 3.63) is 41.0 Å². The zero-order valence-electron chi connectivity index (χ0n) is 8.12. The highest BCUT2D eigenvalue weighted by Gasteiger charge is 2.09. The van der Waals surface area contributed by atoms with Crippen LogP contribution in [0.25, 0.3) is 6.08 Å². The van der Waals surface area contributed by atoms with E-state index in [0.717, 1.165) is 12.0 Å². The molecule has 0 saturated carbocycles. The third-order valence-electron chi connectivity index (χ3n) is 2.36. The zero-order chi connectivity index (χ0) is 9.97. The highest BCUT2D eigenvalue weighted by Crippen LogP contribution is 2.23. The normalized spacial score (nSPS) is 12.6. The predicted molar refractivity (Wildman–Crippen MR) is 54.7 cm³/mol. The van der Waals surface area contributed by atoms with Crippen molar-refractivity contribution < 1.29 is 9.53 Å². The molecule has 0 fully saturated rings. The van der Waals surface area contributed by atoms with Crippen LogP contribution in [0.4, 0.5) is 0 Å². The molecule has 14 heavy (non-hydrogen) atoms. The first kappa shape index (κ1) is 9.00. The quantitative estimate of drug-likeness (QED) is 0.666. The summed E-state index contributed by atoms with van der Waals surface area (Å²) in [5.74, 6) is -0.228. The van der Waals surface area contributed by atoms with Gasteiger partial charge in [-0.2, -0.15) is 0 Å². The number of ether oxygens (including phenoxy) is 1. The number of fused-ring (bicyclic) bond motifs is 1. The average Bonchev–Trinajstić information content (AvgIpc) is 2.62. The lowest BCUT2D eigenvalue weighted by atomic mass is 10.0. The Morgan fingerprint density at radius 2 is 2.36 bits per heavy atom. The number of hydrogen-bond acceptors (Lipinski definition) is 2. The Morgan fingerprint density at radius 1 is 1.50 bits per heavy atom. The largest absolute Gasteiger partial charge is 0.461 e. The first-order chi connectivity index (χ1) is 6.77. The second-order valence-electron chi connectivity index (χ2n) is 3.37. The molecule has 0 saturated heterocycles. The van der Waals surface area contributed by atoms with E-state index in [9.17, 15) is 4.79 Å². The summed E-state index contributed by atoms with van der Waals surface area (Å²) in [6, 6.07) is 6.08. The van der Waals surface area contributed by atoms with Gasteiger partial charge in [-0.05, 0) is 23.1 Å². The molecule has 0 atom stereocenters. The van der Waals surface area contributed by atoms with E-state index in [2.05, 4.69) is 18.2 Å². The fourth-order valence-corrected chi connectivity index (χ4v) is 1.68. The van der Waals surface area contributed by atoms with Crippen LogP contribution < -0.4 is 0 Å². The van der Waals surface area contributed by atoms with Gasteiger partial charge in [-0.1, -0.05) is 30.4 Å². The number of benzene rings is 1. The number of carbonyl (C=O) groups is 1. The Hall–Kier alpha value is -1.57. The molecule has 0 N–H and O–H groups in total. The van der Waals surface area contributed by atoms with Crippen molar-refractivity contribution in [2.24, 2.45) is 0 Å². The fraction of sp³-hybridized carbons (Fsp3) is 0.250. The minimum Gasteiger partial charge on any atom is -0.461 e. The van der Waals surface area contributed by atoms with Crippen molar-refractivity contribution in [3.8, 4) is 0 Å². The monoisotopic (exact) mass is 188 g/mol. The van der Waals surface area contributed by atoms with Gasteiger partial charge in [0.1, 0.15) is 6.61 Å². The molecule has 0 aromatic heterocycles. The van der Waals surface area contributed by atoms with Crippen LogP contribution in [0.5, 0.6) is 0 Å². The predicted octanol–water partition coefficient (Wildman–Crippen LogP) is 2.32. The Balaban J connectivity index is 2.19. The van der Waals surface area contributed by atoms with E-state index in [0.29, 0.717) is 6.61 Å². The Morgan fingerprint density at radius 3 is 3.14 bits per heavy atom. The average molecular weight is 188 g/mol. The summed E-state index contributed by atoms with van der Waals surface area (Å²) in [6.07, 6.45) is 5.18. The molecule has 0 amide bonds. The van der Waals surface area contributed by atoms with E-state index in [4.69, 9.17) is 4.74 Å². The van der Waals surface area contributed by atoms with Crippen LogP contribution in [-0.2, 0) is 22.6 Å². The van der Waals surface area contributed by atoms with Crippen molar-refractivity contribution in [2.45, 2.75) is 20.0 Å². The van der Waals surface area contributed by atoms with Gasteiger partial charge in [0.15, 0.2) is 0 Å². The third kappa shape index (κ3) is 1.69. The molecule has 1 aliphatic carbocycles. The van der Waals surface area contributed by atoms with Gasteiger partial charge in [-0.3, -0.25) is 4.79 Å². The molecule has 1 aliphatic rings. The maximum Gasteiger partial charge on any atom is 0.302 e. The molecule has 0 unspecified atom stereocenters. The standard InChI is InChI=1S/C12H12O2/c1-9(13)14-8-11-6-2-4-10-5-3-7-12(10)11/h2-6H,7-8H2,1H3. The van der Waals surface area contributed by atoms with Gasteiger partial charge in [-0.25, -0.2) is 0 Å². The van der Waals surface area contributed by atoms with Crippen LogP contribution in [0.15, 0.2) is 24.3 Å². The molecular weight excluding hydrogens is 176 g/mol. The van der Waals surface area contributed by atoms with Crippen LogP contribution in [0.1, 0.15) is 23.6 Å². The topological polar surface area (TPSA) is 26.3 Å². The van der Waals surface area contributed by atoms with Crippen LogP contribution in [0.3, 0.4) is 0 Å². The fourth-order valence-electron chi connectivity index (χ4n) is 1.68. The number of esters is 1. The van der Waals surface area contributed by atoms with Crippen LogP contribution in [0, 0.1) is 0 Å². The molecule has 0 heterocycles.